The van der Waals surface area contributed by atoms with Crippen molar-refractivity contribution in [1.29, 1.82) is 0 Å². The van der Waals surface area contributed by atoms with Gasteiger partial charge in [-0.05, 0) is 40.9 Å². The summed E-state index contributed by atoms with van der Waals surface area (Å²) in [5, 5.41) is 4.14. The third kappa shape index (κ3) is 2.74. The number of hydrogen-bond donors (Lipinski definition) is 0. The number of Topliss-reactive ketones (excluding diaryl/α,β-unsaturated/α-hetero) is 1. The second-order valence-electron chi connectivity index (χ2n) is 4.53. The van der Waals surface area contributed by atoms with E-state index in [1.54, 1.807) is 17.7 Å². The predicted octanol–water partition coefficient (Wildman–Crippen LogP) is 3.30. The normalized spacial score (nSPS) is 10.9. The van der Waals surface area contributed by atoms with E-state index >= 15 is 0 Å². The molecular weight excluding hydrogens is 256 g/mol. The average Bonchev–Trinajstić information content (AvgIpc) is 3.07. The molecule has 19 heavy (non-hydrogen) atoms. The first-order valence-corrected chi connectivity index (χ1v) is 7.20. The molecule has 3 nitrogen and oxygen atoms in total. The zero-order chi connectivity index (χ0) is 13.1. The number of aryl methyl sites for hydroxylation is 1. The maximum absolute atomic E-state index is 12.0. The van der Waals surface area contributed by atoms with Crippen LogP contribution in [0.1, 0.15) is 12.0 Å². The molecule has 3 aromatic rings. The van der Waals surface area contributed by atoms with Crippen LogP contribution in [-0.2, 0) is 17.8 Å². The van der Waals surface area contributed by atoms with Crippen molar-refractivity contribution >= 4 is 28.2 Å². The first kappa shape index (κ1) is 12.1. The minimum Gasteiger partial charge on any atom is -0.323 e. The molecule has 0 amide bonds. The van der Waals surface area contributed by atoms with E-state index in [-0.39, 0.29) is 5.78 Å². The maximum atomic E-state index is 12.0. The highest BCUT2D eigenvalue weighted by atomic mass is 32.1. The number of thiophene rings is 1. The van der Waals surface area contributed by atoms with E-state index < -0.39 is 0 Å². The Labute approximate surface area is 115 Å². The van der Waals surface area contributed by atoms with Gasteiger partial charge in [-0.15, -0.1) is 0 Å². The first-order valence-electron chi connectivity index (χ1n) is 6.25. The SMILES string of the molecule is O=C(CCc1ccsc1)Cn1cnc2ccccc21. The average molecular weight is 270 g/mol. The standard InChI is InChI=1S/C15H14N2OS/c18-13(6-5-12-7-8-19-10-12)9-17-11-16-14-3-1-2-4-15(14)17/h1-4,7-8,10-11H,5-6,9H2. The van der Waals surface area contributed by atoms with Crippen LogP contribution in [0.15, 0.2) is 47.4 Å². The van der Waals surface area contributed by atoms with Gasteiger partial charge in [-0.25, -0.2) is 4.98 Å². The van der Waals surface area contributed by atoms with E-state index in [1.807, 2.05) is 34.2 Å². The summed E-state index contributed by atoms with van der Waals surface area (Å²) in [6, 6.07) is 9.95. The van der Waals surface area contributed by atoms with Crippen LogP contribution < -0.4 is 0 Å². The molecule has 2 aromatic heterocycles. The smallest absolute Gasteiger partial charge is 0.152 e. The van der Waals surface area contributed by atoms with Crippen LogP contribution >= 0.6 is 11.3 Å². The third-order valence-electron chi connectivity index (χ3n) is 3.15. The largest absolute Gasteiger partial charge is 0.323 e. The Kier molecular flexibility index (Phi) is 3.42. The van der Waals surface area contributed by atoms with Crippen LogP contribution in [0.2, 0.25) is 0 Å². The van der Waals surface area contributed by atoms with Gasteiger partial charge in [-0.2, -0.15) is 11.3 Å². The Hall–Kier alpha value is -1.94. The van der Waals surface area contributed by atoms with Gasteiger partial charge < -0.3 is 4.57 Å². The Morgan fingerprint density at radius 3 is 3.00 bits per heavy atom. The topological polar surface area (TPSA) is 34.9 Å². The number of ketones is 1. The summed E-state index contributed by atoms with van der Waals surface area (Å²) in [5.74, 6) is 0.245. The maximum Gasteiger partial charge on any atom is 0.152 e. The lowest BCUT2D eigenvalue weighted by molar-refractivity contribution is -0.119. The summed E-state index contributed by atoms with van der Waals surface area (Å²) < 4.78 is 1.92. The summed E-state index contributed by atoms with van der Waals surface area (Å²) in [4.78, 5) is 16.3. The first-order chi connectivity index (χ1) is 9.33. The summed E-state index contributed by atoms with van der Waals surface area (Å²) in [7, 11) is 0. The Balaban J connectivity index is 1.66. The van der Waals surface area contributed by atoms with Crippen molar-refractivity contribution in [2.75, 3.05) is 0 Å². The molecular formula is C15H14N2OS. The molecule has 0 N–H and O–H groups in total. The summed E-state index contributed by atoms with van der Waals surface area (Å²) in [5.41, 5.74) is 3.20. The quantitative estimate of drug-likeness (QED) is 0.713. The minimum atomic E-state index is 0.245. The zero-order valence-electron chi connectivity index (χ0n) is 10.5. The molecule has 4 heteroatoms. The molecule has 0 aliphatic heterocycles. The van der Waals surface area contributed by atoms with Gasteiger partial charge in [0.1, 0.15) is 0 Å². The van der Waals surface area contributed by atoms with Crippen molar-refractivity contribution in [3.8, 4) is 0 Å². The molecule has 0 atom stereocenters. The molecule has 0 fully saturated rings. The highest BCUT2D eigenvalue weighted by molar-refractivity contribution is 7.07. The number of imidazole rings is 1. The van der Waals surface area contributed by atoms with Gasteiger partial charge >= 0.3 is 0 Å². The fraction of sp³-hybridized carbons (Fsp3) is 0.200. The molecule has 1 aromatic carbocycles. The number of benzene rings is 1. The van der Waals surface area contributed by atoms with Crippen molar-refractivity contribution in [2.45, 2.75) is 19.4 Å². The lowest BCUT2D eigenvalue weighted by Crippen LogP contribution is -2.09. The highest BCUT2D eigenvalue weighted by Crippen LogP contribution is 2.13. The summed E-state index contributed by atoms with van der Waals surface area (Å²) >= 11 is 1.67. The number of carbonyl (C=O) groups excluding carboxylic acids is 1. The fourth-order valence-corrected chi connectivity index (χ4v) is 2.83. The highest BCUT2D eigenvalue weighted by Gasteiger charge is 2.07. The molecule has 0 bridgehead atoms. The molecule has 96 valence electrons. The van der Waals surface area contributed by atoms with E-state index in [0.717, 1.165) is 17.5 Å². The Morgan fingerprint density at radius 2 is 2.16 bits per heavy atom. The van der Waals surface area contributed by atoms with Gasteiger partial charge in [0, 0.05) is 6.42 Å². The molecule has 2 heterocycles. The number of carbonyl (C=O) groups is 1. The lowest BCUT2D eigenvalue weighted by Gasteiger charge is -2.03. The minimum absolute atomic E-state index is 0.245. The van der Waals surface area contributed by atoms with Crippen LogP contribution in [0.5, 0.6) is 0 Å². The van der Waals surface area contributed by atoms with E-state index in [1.165, 1.54) is 5.56 Å². The van der Waals surface area contributed by atoms with Crippen molar-refractivity contribution in [2.24, 2.45) is 0 Å². The van der Waals surface area contributed by atoms with Crippen molar-refractivity contribution in [3.05, 3.63) is 53.0 Å². The van der Waals surface area contributed by atoms with Crippen LogP contribution in [-0.4, -0.2) is 15.3 Å². The van der Waals surface area contributed by atoms with Crippen molar-refractivity contribution in [1.82, 2.24) is 9.55 Å². The Bertz CT molecular complexity index is 685. The molecule has 0 aliphatic rings. The monoisotopic (exact) mass is 270 g/mol. The molecule has 0 radical (unpaired) electrons. The number of fused-ring (bicyclic) bond motifs is 1. The van der Waals surface area contributed by atoms with Gasteiger partial charge in [0.25, 0.3) is 0 Å². The second-order valence-corrected chi connectivity index (χ2v) is 5.31. The molecule has 0 saturated heterocycles. The Morgan fingerprint density at radius 1 is 1.26 bits per heavy atom. The van der Waals surface area contributed by atoms with Gasteiger partial charge in [0.2, 0.25) is 0 Å². The number of hydrogen-bond acceptors (Lipinski definition) is 3. The van der Waals surface area contributed by atoms with Crippen LogP contribution in [0.25, 0.3) is 11.0 Å². The fourth-order valence-electron chi connectivity index (χ4n) is 2.12. The van der Waals surface area contributed by atoms with Gasteiger partial charge in [-0.3, -0.25) is 4.79 Å². The van der Waals surface area contributed by atoms with E-state index in [0.29, 0.717) is 13.0 Å². The van der Waals surface area contributed by atoms with E-state index in [2.05, 4.69) is 16.4 Å². The van der Waals surface area contributed by atoms with Crippen LogP contribution in [0, 0.1) is 0 Å². The zero-order valence-corrected chi connectivity index (χ0v) is 11.3. The van der Waals surface area contributed by atoms with Gasteiger partial charge in [0.15, 0.2) is 5.78 Å². The van der Waals surface area contributed by atoms with E-state index in [9.17, 15) is 4.79 Å². The third-order valence-corrected chi connectivity index (χ3v) is 3.88. The lowest BCUT2D eigenvalue weighted by atomic mass is 10.1. The second kappa shape index (κ2) is 5.36. The summed E-state index contributed by atoms with van der Waals surface area (Å²) in [6.07, 6.45) is 3.16. The van der Waals surface area contributed by atoms with Crippen molar-refractivity contribution in [3.63, 3.8) is 0 Å². The number of rotatable bonds is 5. The molecule has 0 saturated carbocycles. The van der Waals surface area contributed by atoms with Crippen LogP contribution in [0.3, 0.4) is 0 Å². The van der Waals surface area contributed by atoms with Crippen molar-refractivity contribution < 1.29 is 4.79 Å². The molecule has 3 rings (SSSR count). The van der Waals surface area contributed by atoms with Gasteiger partial charge in [-0.1, -0.05) is 12.1 Å². The number of para-hydroxylation sites is 2. The predicted molar refractivity (Wildman–Crippen MR) is 77.4 cm³/mol. The molecule has 0 spiro atoms. The molecule has 0 aliphatic carbocycles. The number of nitrogens with zero attached hydrogens (tertiary/aromatic N) is 2. The van der Waals surface area contributed by atoms with E-state index in [4.69, 9.17) is 0 Å². The summed E-state index contributed by atoms with van der Waals surface area (Å²) in [6.45, 7) is 0.407. The van der Waals surface area contributed by atoms with Gasteiger partial charge in [0.05, 0.1) is 23.9 Å². The van der Waals surface area contributed by atoms with Crippen LogP contribution in [0.4, 0.5) is 0 Å². The molecule has 0 unspecified atom stereocenters. The number of aromatic nitrogens is 2.